The molecule has 5 atom stereocenters. The van der Waals surface area contributed by atoms with Crippen LogP contribution >= 0.6 is 0 Å². The minimum absolute atomic E-state index is 0.207. The molecule has 1 aliphatic heterocycles. The van der Waals surface area contributed by atoms with Gasteiger partial charge in [0.25, 0.3) is 11.8 Å². The highest BCUT2D eigenvalue weighted by molar-refractivity contribution is 5.85. The van der Waals surface area contributed by atoms with E-state index in [1.54, 1.807) is 7.05 Å². The topological polar surface area (TPSA) is 115 Å². The van der Waals surface area contributed by atoms with Crippen LogP contribution in [-0.4, -0.2) is 82.0 Å². The number of benzene rings is 4. The predicted octanol–water partition coefficient (Wildman–Crippen LogP) is 7.36. The van der Waals surface area contributed by atoms with Crippen molar-refractivity contribution in [1.82, 2.24) is 24.8 Å². The number of nitrogens with two attached hydrogens (primary N) is 1. The zero-order valence-electron chi connectivity index (χ0n) is 35.9. The average Bonchev–Trinajstić information content (AvgIpc) is 3.73. The highest BCUT2D eigenvalue weighted by Crippen LogP contribution is 2.42. The molecule has 2 fully saturated rings. The Labute approximate surface area is 356 Å². The largest absolute Gasteiger partial charge is 0.345 e. The van der Waals surface area contributed by atoms with Gasteiger partial charge in [-0.05, 0) is 67.7 Å². The number of fused-ring (bicyclic) bond motifs is 1. The van der Waals surface area contributed by atoms with Crippen molar-refractivity contribution in [3.05, 3.63) is 162 Å². The minimum atomic E-state index is -1.58. The van der Waals surface area contributed by atoms with Crippen LogP contribution in [0.4, 0.5) is 0 Å². The van der Waals surface area contributed by atoms with Gasteiger partial charge >= 0.3 is 0 Å². The number of rotatable bonds is 15. The summed E-state index contributed by atoms with van der Waals surface area (Å²) in [6, 6.07) is 40.3. The first kappa shape index (κ1) is 43.0. The summed E-state index contributed by atoms with van der Waals surface area (Å²) in [6.07, 6.45) is 9.87. The number of hydrogen-bond acceptors (Lipinski definition) is 7. The third-order valence-electron chi connectivity index (χ3n) is 12.4. The summed E-state index contributed by atoms with van der Waals surface area (Å²) in [5.41, 5.74) is 9.05. The van der Waals surface area contributed by atoms with E-state index in [1.165, 1.54) is 18.6 Å². The van der Waals surface area contributed by atoms with E-state index in [1.807, 2.05) is 80.5 Å². The normalized spacial score (nSPS) is 19.8. The van der Waals surface area contributed by atoms with Crippen molar-refractivity contribution in [1.29, 1.82) is 0 Å². The first-order valence-corrected chi connectivity index (χ1v) is 21.5. The standard InChI is InChI=1S/C50H62N6O4/c1-48(2,3)60-49(51,32-37-20-10-6-11-21-37)47(58)56-34-39-23-19-18-22-38(39)30-44(56)33-52-45(46(57)54(4)59-5)31-43-35-55(36-53-43)50(40-24-12-7-13-25-40,41-26-14-8-15-27-41)42-28-16-9-17-29-42/h6-17,20-21,24-29,35-36,38-39,44-45,52H,18-19,22-23,30-34,51H2,1-5H3/t38-,39-,44+,45+,49?/m0/s1. The number of carbonyl (C=O) groups is 2. The number of piperidine rings is 1. The van der Waals surface area contributed by atoms with Crippen molar-refractivity contribution in [2.75, 3.05) is 27.2 Å². The Kier molecular flexibility index (Phi) is 13.4. The van der Waals surface area contributed by atoms with Gasteiger partial charge in [-0.15, -0.1) is 0 Å². The van der Waals surface area contributed by atoms with E-state index in [0.717, 1.165) is 53.6 Å². The lowest BCUT2D eigenvalue weighted by atomic mass is 9.72. The summed E-state index contributed by atoms with van der Waals surface area (Å²) in [7, 11) is 3.12. The number of carbonyl (C=O) groups excluding carboxylic acids is 2. The average molecular weight is 811 g/mol. The van der Waals surface area contributed by atoms with Gasteiger partial charge in [0.05, 0.1) is 30.8 Å². The summed E-state index contributed by atoms with van der Waals surface area (Å²) in [4.78, 5) is 41.6. The first-order valence-electron chi connectivity index (χ1n) is 21.5. The molecular weight excluding hydrogens is 749 g/mol. The number of amides is 2. The van der Waals surface area contributed by atoms with Crippen LogP contribution in [0.15, 0.2) is 134 Å². The molecule has 10 nitrogen and oxygen atoms in total. The van der Waals surface area contributed by atoms with Gasteiger partial charge < -0.3 is 19.5 Å². The maximum atomic E-state index is 15.0. The number of ether oxygens (including phenoxy) is 1. The molecule has 2 aliphatic rings. The van der Waals surface area contributed by atoms with Crippen molar-refractivity contribution in [2.45, 2.75) is 94.7 Å². The zero-order valence-corrected chi connectivity index (χ0v) is 35.9. The van der Waals surface area contributed by atoms with Crippen molar-refractivity contribution in [2.24, 2.45) is 17.6 Å². The van der Waals surface area contributed by atoms with Gasteiger partial charge in [0.2, 0.25) is 5.72 Å². The Bertz CT molecular complexity index is 2040. The van der Waals surface area contributed by atoms with E-state index >= 15 is 0 Å². The molecule has 1 aliphatic carbocycles. The minimum Gasteiger partial charge on any atom is -0.345 e. The van der Waals surface area contributed by atoms with Gasteiger partial charge in [0.15, 0.2) is 0 Å². The summed E-state index contributed by atoms with van der Waals surface area (Å²) in [5, 5.41) is 4.89. The SMILES string of the molecule is CON(C)C(=O)[C@@H](Cc1cn(C(c2ccccc2)(c2ccccc2)c2ccccc2)cn1)NC[C@H]1C[C@@H]2CCCC[C@H]2CN1C(=O)C(N)(Cc1ccccc1)OC(C)(C)C. The van der Waals surface area contributed by atoms with Crippen molar-refractivity contribution < 1.29 is 19.2 Å². The second-order valence-electron chi connectivity index (χ2n) is 17.7. The molecule has 1 aromatic heterocycles. The van der Waals surface area contributed by atoms with Crippen molar-refractivity contribution >= 4 is 11.8 Å². The van der Waals surface area contributed by atoms with E-state index in [9.17, 15) is 9.59 Å². The van der Waals surface area contributed by atoms with Gasteiger partial charge in [-0.1, -0.05) is 141 Å². The first-order chi connectivity index (χ1) is 28.9. The Morgan fingerprint density at radius 3 is 1.90 bits per heavy atom. The van der Waals surface area contributed by atoms with Crippen LogP contribution in [0.2, 0.25) is 0 Å². The number of likely N-dealkylation sites (N-methyl/N-ethyl adjacent to an activating group) is 1. The smallest absolute Gasteiger partial charge is 0.270 e. The molecule has 4 aromatic carbocycles. The molecule has 10 heteroatoms. The van der Waals surface area contributed by atoms with Crippen LogP contribution in [0.5, 0.6) is 0 Å². The fraction of sp³-hybridized carbons (Fsp3) is 0.420. The quantitative estimate of drug-likeness (QED) is 0.0646. The molecule has 1 saturated heterocycles. The Balaban J connectivity index is 1.21. The maximum Gasteiger partial charge on any atom is 0.270 e. The highest BCUT2D eigenvalue weighted by Gasteiger charge is 2.48. The van der Waals surface area contributed by atoms with E-state index in [0.29, 0.717) is 31.3 Å². The van der Waals surface area contributed by atoms with Gasteiger partial charge in [-0.2, -0.15) is 0 Å². The van der Waals surface area contributed by atoms with E-state index in [2.05, 4.69) is 88.9 Å². The Hall–Kier alpha value is -5.13. The van der Waals surface area contributed by atoms with Gasteiger partial charge in [0, 0.05) is 45.2 Å². The van der Waals surface area contributed by atoms with E-state index in [-0.39, 0.29) is 24.3 Å². The summed E-state index contributed by atoms with van der Waals surface area (Å²) >= 11 is 0. The summed E-state index contributed by atoms with van der Waals surface area (Å²) in [6.45, 7) is 6.81. The lowest BCUT2D eigenvalue weighted by Gasteiger charge is -2.49. The maximum absolute atomic E-state index is 15.0. The third kappa shape index (κ3) is 9.42. The Morgan fingerprint density at radius 1 is 0.833 bits per heavy atom. The van der Waals surface area contributed by atoms with Gasteiger partial charge in [0.1, 0.15) is 5.54 Å². The molecule has 1 unspecified atom stereocenters. The van der Waals surface area contributed by atoms with E-state index < -0.39 is 22.9 Å². The van der Waals surface area contributed by atoms with E-state index in [4.69, 9.17) is 20.3 Å². The number of nitrogens with zero attached hydrogens (tertiary/aromatic N) is 4. The number of hydrogen-bond donors (Lipinski definition) is 2. The molecule has 0 bridgehead atoms. The number of nitrogens with one attached hydrogen (secondary N) is 1. The second-order valence-corrected chi connectivity index (χ2v) is 17.7. The molecule has 316 valence electrons. The number of aromatic nitrogens is 2. The van der Waals surface area contributed by atoms with Crippen LogP contribution in [0.1, 0.15) is 80.8 Å². The predicted molar refractivity (Wildman–Crippen MR) is 236 cm³/mol. The lowest BCUT2D eigenvalue weighted by molar-refractivity contribution is -0.182. The van der Waals surface area contributed by atoms with Crippen LogP contribution in [0, 0.1) is 11.8 Å². The van der Waals surface area contributed by atoms with Crippen LogP contribution in [0.25, 0.3) is 0 Å². The van der Waals surface area contributed by atoms with Crippen LogP contribution < -0.4 is 11.1 Å². The van der Waals surface area contributed by atoms with Crippen LogP contribution in [0.3, 0.4) is 0 Å². The molecule has 60 heavy (non-hydrogen) atoms. The zero-order chi connectivity index (χ0) is 42.3. The number of hydroxylamine groups is 2. The molecule has 5 aromatic rings. The Morgan fingerprint density at radius 2 is 1.37 bits per heavy atom. The highest BCUT2D eigenvalue weighted by atomic mass is 16.7. The molecule has 3 N–H and O–H groups in total. The van der Waals surface area contributed by atoms with Gasteiger partial charge in [-0.25, -0.2) is 10.0 Å². The molecule has 1 saturated carbocycles. The summed E-state index contributed by atoms with van der Waals surface area (Å²) < 4.78 is 8.69. The van der Waals surface area contributed by atoms with Crippen molar-refractivity contribution in [3.8, 4) is 0 Å². The molecule has 2 amide bonds. The molecule has 0 spiro atoms. The van der Waals surface area contributed by atoms with Gasteiger partial charge in [-0.3, -0.25) is 20.2 Å². The third-order valence-corrected chi connectivity index (χ3v) is 12.4. The number of likely N-dealkylation sites (tertiary alicyclic amines) is 1. The fourth-order valence-corrected chi connectivity index (χ4v) is 9.68. The lowest BCUT2D eigenvalue weighted by Crippen LogP contribution is -2.66. The molecular formula is C50H62N6O4. The second kappa shape index (κ2) is 18.6. The monoisotopic (exact) mass is 810 g/mol. The molecule has 2 heterocycles. The molecule has 0 radical (unpaired) electrons. The fourth-order valence-electron chi connectivity index (χ4n) is 9.68. The number of imidazole rings is 1. The summed E-state index contributed by atoms with van der Waals surface area (Å²) in [5.74, 6) is 0.444. The molecule has 7 rings (SSSR count). The van der Waals surface area contributed by atoms with Crippen LogP contribution in [-0.2, 0) is 37.5 Å². The van der Waals surface area contributed by atoms with Crippen molar-refractivity contribution in [3.63, 3.8) is 0 Å².